The average molecular weight is 416 g/mol. The minimum atomic E-state index is -3.98. The van der Waals surface area contributed by atoms with Crippen molar-refractivity contribution in [1.82, 2.24) is 14.3 Å². The number of hydrogen-bond acceptors (Lipinski definition) is 6. The van der Waals surface area contributed by atoms with E-state index in [2.05, 4.69) is 10.5 Å². The van der Waals surface area contributed by atoms with Gasteiger partial charge in [-0.15, -0.1) is 5.10 Å². The molecule has 0 saturated heterocycles. The van der Waals surface area contributed by atoms with Crippen LogP contribution >= 0.6 is 11.3 Å². The van der Waals surface area contributed by atoms with Gasteiger partial charge in [-0.2, -0.15) is 9.57 Å². The van der Waals surface area contributed by atoms with Gasteiger partial charge in [-0.05, 0) is 24.3 Å². The largest absolute Gasteiger partial charge is 0.318 e. The SMILES string of the molecule is CN(CC(=O)N/N=c1/sc2ccccc2n1C)S(=O)(=O)c1ccccc1C#N. The van der Waals surface area contributed by atoms with Crippen LogP contribution in [0, 0.1) is 11.3 Å². The van der Waals surface area contributed by atoms with Crippen molar-refractivity contribution in [2.75, 3.05) is 13.6 Å². The summed E-state index contributed by atoms with van der Waals surface area (Å²) in [6.45, 7) is -0.430. The van der Waals surface area contributed by atoms with Crippen LogP contribution in [-0.4, -0.2) is 36.8 Å². The van der Waals surface area contributed by atoms with E-state index in [1.807, 2.05) is 41.9 Å². The van der Waals surface area contributed by atoms with Gasteiger partial charge in [0.15, 0.2) is 0 Å². The lowest BCUT2D eigenvalue weighted by molar-refractivity contribution is -0.121. The number of nitrogens with one attached hydrogen (secondary N) is 1. The normalized spacial score (nSPS) is 12.3. The van der Waals surface area contributed by atoms with Crippen molar-refractivity contribution in [3.8, 4) is 6.07 Å². The molecule has 0 spiro atoms. The van der Waals surface area contributed by atoms with E-state index >= 15 is 0 Å². The van der Waals surface area contributed by atoms with Crippen LogP contribution in [0.5, 0.6) is 0 Å². The maximum atomic E-state index is 12.7. The Labute approximate surface area is 166 Å². The van der Waals surface area contributed by atoms with Crippen molar-refractivity contribution in [2.24, 2.45) is 12.1 Å². The highest BCUT2D eigenvalue weighted by Gasteiger charge is 2.25. The van der Waals surface area contributed by atoms with Gasteiger partial charge in [0.2, 0.25) is 14.8 Å². The number of nitrogens with zero attached hydrogens (tertiary/aromatic N) is 4. The Morgan fingerprint density at radius 2 is 1.93 bits per heavy atom. The highest BCUT2D eigenvalue weighted by molar-refractivity contribution is 7.89. The minimum absolute atomic E-state index is 0.0248. The first-order valence-electron chi connectivity index (χ1n) is 8.17. The zero-order valence-corrected chi connectivity index (χ0v) is 16.8. The second kappa shape index (κ2) is 7.93. The van der Waals surface area contributed by atoms with Crippen LogP contribution in [0.2, 0.25) is 0 Å². The van der Waals surface area contributed by atoms with Gasteiger partial charge >= 0.3 is 0 Å². The fraction of sp³-hybridized carbons (Fsp3) is 0.167. The van der Waals surface area contributed by atoms with E-state index < -0.39 is 22.5 Å². The second-order valence-electron chi connectivity index (χ2n) is 5.93. The van der Waals surface area contributed by atoms with Gasteiger partial charge in [0.1, 0.15) is 6.07 Å². The number of nitriles is 1. The molecule has 0 bridgehead atoms. The van der Waals surface area contributed by atoms with Gasteiger partial charge < -0.3 is 4.57 Å². The molecule has 0 aliphatic heterocycles. The van der Waals surface area contributed by atoms with Crippen molar-refractivity contribution in [3.05, 3.63) is 58.9 Å². The zero-order valence-electron chi connectivity index (χ0n) is 15.2. The molecule has 0 saturated carbocycles. The van der Waals surface area contributed by atoms with Crippen LogP contribution in [0.3, 0.4) is 0 Å². The fourth-order valence-corrected chi connectivity index (χ4v) is 4.82. The maximum Gasteiger partial charge on any atom is 0.255 e. The molecule has 0 unspecified atom stereocenters. The van der Waals surface area contributed by atoms with Crippen LogP contribution in [0.25, 0.3) is 10.2 Å². The summed E-state index contributed by atoms with van der Waals surface area (Å²) in [6.07, 6.45) is 0. The molecule has 0 aliphatic carbocycles. The quantitative estimate of drug-likeness (QED) is 0.635. The van der Waals surface area contributed by atoms with Gasteiger partial charge in [0, 0.05) is 14.1 Å². The zero-order chi connectivity index (χ0) is 20.3. The Morgan fingerprint density at radius 3 is 2.64 bits per heavy atom. The van der Waals surface area contributed by atoms with Crippen molar-refractivity contribution >= 4 is 37.5 Å². The molecule has 28 heavy (non-hydrogen) atoms. The summed E-state index contributed by atoms with van der Waals surface area (Å²) in [5.41, 5.74) is 3.39. The molecule has 2 aromatic carbocycles. The van der Waals surface area contributed by atoms with Crippen LogP contribution in [0.1, 0.15) is 5.56 Å². The summed E-state index contributed by atoms with van der Waals surface area (Å²) < 4.78 is 29.1. The van der Waals surface area contributed by atoms with E-state index in [9.17, 15) is 13.2 Å². The Kier molecular flexibility index (Phi) is 5.60. The molecule has 1 aromatic heterocycles. The Morgan fingerprint density at radius 1 is 1.25 bits per heavy atom. The molecular weight excluding hydrogens is 398 g/mol. The van der Waals surface area contributed by atoms with Crippen molar-refractivity contribution in [2.45, 2.75) is 4.90 Å². The lowest BCUT2D eigenvalue weighted by Gasteiger charge is -2.16. The standard InChI is InChI=1S/C18H17N5O3S2/c1-22(28(25,26)16-10-6-3-7-13(16)11-19)12-17(24)20-21-18-23(2)14-8-4-5-9-15(14)27-18/h3-10H,12H2,1-2H3,(H,20,24)/b21-18+. The van der Waals surface area contributed by atoms with Gasteiger partial charge in [0.25, 0.3) is 5.91 Å². The van der Waals surface area contributed by atoms with Gasteiger partial charge in [-0.1, -0.05) is 35.6 Å². The van der Waals surface area contributed by atoms with Crippen molar-refractivity contribution < 1.29 is 13.2 Å². The number of thiazole rings is 1. The summed E-state index contributed by atoms with van der Waals surface area (Å²) in [7, 11) is -0.870. The summed E-state index contributed by atoms with van der Waals surface area (Å²) >= 11 is 1.41. The number of amides is 1. The first kappa shape index (κ1) is 19.8. The number of para-hydroxylation sites is 1. The average Bonchev–Trinajstić information content (AvgIpc) is 3.02. The van der Waals surface area contributed by atoms with Crippen molar-refractivity contribution in [3.63, 3.8) is 0 Å². The van der Waals surface area contributed by atoms with E-state index in [4.69, 9.17) is 5.26 Å². The van der Waals surface area contributed by atoms with Crippen molar-refractivity contribution in [1.29, 1.82) is 5.26 Å². The summed E-state index contributed by atoms with van der Waals surface area (Å²) in [5, 5.41) is 13.2. The molecule has 0 atom stereocenters. The third-order valence-corrected chi connectivity index (χ3v) is 7.03. The molecule has 10 heteroatoms. The molecule has 3 rings (SSSR count). The molecule has 1 amide bonds. The second-order valence-corrected chi connectivity index (χ2v) is 8.95. The molecular formula is C18H17N5O3S2. The number of sulfonamides is 1. The minimum Gasteiger partial charge on any atom is -0.318 e. The van der Waals surface area contributed by atoms with E-state index in [0.717, 1.165) is 14.5 Å². The summed E-state index contributed by atoms with van der Waals surface area (Å²) in [4.78, 5) is 12.6. The van der Waals surface area contributed by atoms with E-state index in [0.29, 0.717) is 4.80 Å². The monoisotopic (exact) mass is 415 g/mol. The predicted molar refractivity (Wildman–Crippen MR) is 105 cm³/mol. The maximum absolute atomic E-state index is 12.7. The molecule has 144 valence electrons. The molecule has 1 heterocycles. The third-order valence-electron chi connectivity index (χ3n) is 4.05. The number of fused-ring (bicyclic) bond motifs is 1. The Hall–Kier alpha value is -3.00. The van der Waals surface area contributed by atoms with Gasteiger partial charge in [0.05, 0.1) is 27.2 Å². The smallest absolute Gasteiger partial charge is 0.255 e. The lowest BCUT2D eigenvalue weighted by atomic mass is 10.2. The molecule has 3 aromatic rings. The number of hydrogen-bond donors (Lipinski definition) is 1. The van der Waals surface area contributed by atoms with Gasteiger partial charge in [-0.3, -0.25) is 4.79 Å². The number of rotatable bonds is 5. The molecule has 0 fully saturated rings. The number of carbonyl (C=O) groups excluding carboxylic acids is 1. The van der Waals surface area contributed by atoms with Crippen LogP contribution < -0.4 is 10.2 Å². The number of aromatic nitrogens is 1. The highest BCUT2D eigenvalue weighted by Crippen LogP contribution is 2.18. The third kappa shape index (κ3) is 3.82. The summed E-state index contributed by atoms with van der Waals surface area (Å²) in [6, 6.07) is 15.4. The summed E-state index contributed by atoms with van der Waals surface area (Å²) in [5.74, 6) is -0.585. The molecule has 8 nitrogen and oxygen atoms in total. The first-order valence-corrected chi connectivity index (χ1v) is 10.4. The number of aryl methyl sites for hydroxylation is 1. The molecule has 0 aliphatic rings. The van der Waals surface area contributed by atoms with Crippen LogP contribution in [0.15, 0.2) is 58.5 Å². The Balaban J connectivity index is 1.77. The molecule has 0 radical (unpaired) electrons. The number of carbonyl (C=O) groups is 1. The van der Waals surface area contributed by atoms with Crippen LogP contribution in [0.4, 0.5) is 0 Å². The Bertz CT molecular complexity index is 1250. The first-order chi connectivity index (χ1) is 13.3. The topological polar surface area (TPSA) is 108 Å². The van der Waals surface area contributed by atoms with Crippen LogP contribution in [-0.2, 0) is 21.9 Å². The number of likely N-dealkylation sites (N-methyl/N-ethyl adjacent to an activating group) is 1. The fourth-order valence-electron chi connectivity index (χ4n) is 2.57. The van der Waals surface area contributed by atoms with E-state index in [-0.39, 0.29) is 10.5 Å². The van der Waals surface area contributed by atoms with E-state index in [1.165, 1.54) is 36.6 Å². The van der Waals surface area contributed by atoms with E-state index in [1.54, 1.807) is 6.07 Å². The highest BCUT2D eigenvalue weighted by atomic mass is 32.2. The lowest BCUT2D eigenvalue weighted by Crippen LogP contribution is -2.37. The predicted octanol–water partition coefficient (Wildman–Crippen LogP) is 1.36. The number of benzene rings is 2. The van der Waals surface area contributed by atoms with Gasteiger partial charge in [-0.25, -0.2) is 13.8 Å². The molecule has 1 N–H and O–H groups in total.